The van der Waals surface area contributed by atoms with E-state index < -0.39 is 6.10 Å². The Morgan fingerprint density at radius 3 is 2.65 bits per heavy atom. The van der Waals surface area contributed by atoms with Crippen molar-refractivity contribution in [3.63, 3.8) is 0 Å². The van der Waals surface area contributed by atoms with Gasteiger partial charge in [0.1, 0.15) is 5.82 Å². The van der Waals surface area contributed by atoms with E-state index in [2.05, 4.69) is 4.98 Å². The number of thiazole rings is 1. The first kappa shape index (κ1) is 12.3. The van der Waals surface area contributed by atoms with E-state index in [1.807, 2.05) is 20.8 Å². The van der Waals surface area contributed by atoms with Gasteiger partial charge in [-0.2, -0.15) is 0 Å². The van der Waals surface area contributed by atoms with Crippen LogP contribution >= 0.6 is 11.3 Å². The monoisotopic (exact) mass is 254 g/mol. The highest BCUT2D eigenvalue weighted by Gasteiger charge is 2.27. The maximum atomic E-state index is 13.5. The Hall–Kier alpha value is -1.20. The molecule has 1 heterocycles. The second-order valence-electron chi connectivity index (χ2n) is 5.16. The summed E-state index contributed by atoms with van der Waals surface area (Å²) in [6, 6.07) is 2.72. The summed E-state index contributed by atoms with van der Waals surface area (Å²) in [6.07, 6.45) is -0.776. The number of hydrogen-bond donors (Lipinski definition) is 2. The Morgan fingerprint density at radius 1 is 1.41 bits per heavy atom. The number of fused-ring (bicyclic) bond motifs is 1. The highest BCUT2D eigenvalue weighted by molar-refractivity contribution is 7.22. The van der Waals surface area contributed by atoms with Crippen LogP contribution in [0.5, 0.6) is 0 Å². The average Bonchev–Trinajstić information content (AvgIpc) is 2.54. The van der Waals surface area contributed by atoms with Crippen molar-refractivity contribution in [3.8, 4) is 0 Å². The fourth-order valence-corrected chi connectivity index (χ4v) is 2.51. The molecule has 0 amide bonds. The lowest BCUT2D eigenvalue weighted by molar-refractivity contribution is 0.0635. The fraction of sp³-hybridized carbons (Fsp3) is 0.417. The number of aromatic nitrogens is 1. The number of nitrogens with two attached hydrogens (primary N) is 1. The minimum Gasteiger partial charge on any atom is -0.388 e. The quantitative estimate of drug-likeness (QED) is 0.822. The van der Waals surface area contributed by atoms with Crippen LogP contribution in [0.1, 0.15) is 32.4 Å². The molecule has 1 atom stereocenters. The van der Waals surface area contributed by atoms with Crippen LogP contribution in [-0.4, -0.2) is 10.1 Å². The molecule has 0 spiro atoms. The summed E-state index contributed by atoms with van der Waals surface area (Å²) >= 11 is 1.22. The number of nitrogen functional groups attached to an aromatic ring is 1. The first-order chi connectivity index (χ1) is 7.79. The molecule has 1 aromatic heterocycles. The molecule has 2 aromatic rings. The third-order valence-electron chi connectivity index (χ3n) is 2.62. The van der Waals surface area contributed by atoms with Crippen molar-refractivity contribution in [1.82, 2.24) is 4.98 Å². The van der Waals surface area contributed by atoms with Gasteiger partial charge in [0.2, 0.25) is 0 Å². The van der Waals surface area contributed by atoms with Gasteiger partial charge in [-0.05, 0) is 17.5 Å². The molecule has 0 radical (unpaired) electrons. The van der Waals surface area contributed by atoms with E-state index in [0.29, 0.717) is 20.9 Å². The average molecular weight is 254 g/mol. The molecule has 1 unspecified atom stereocenters. The summed E-state index contributed by atoms with van der Waals surface area (Å²) in [6.45, 7) is 5.68. The number of rotatable bonds is 1. The van der Waals surface area contributed by atoms with Crippen LogP contribution in [0.4, 0.5) is 9.52 Å². The van der Waals surface area contributed by atoms with E-state index in [9.17, 15) is 9.50 Å². The summed E-state index contributed by atoms with van der Waals surface area (Å²) in [5.41, 5.74) is 6.34. The Kier molecular flexibility index (Phi) is 2.83. The SMILES string of the molecule is CC(C)(C)C(O)c1cc(F)cc2sc(N)nc12. The predicted octanol–water partition coefficient (Wildman–Crippen LogP) is 3.10. The van der Waals surface area contributed by atoms with E-state index in [0.717, 1.165) is 0 Å². The van der Waals surface area contributed by atoms with E-state index in [1.165, 1.54) is 23.5 Å². The van der Waals surface area contributed by atoms with Crippen LogP contribution in [0, 0.1) is 11.2 Å². The van der Waals surface area contributed by atoms with Gasteiger partial charge in [-0.1, -0.05) is 32.1 Å². The number of aliphatic hydroxyl groups excluding tert-OH is 1. The van der Waals surface area contributed by atoms with Crippen LogP contribution in [0.25, 0.3) is 10.2 Å². The minimum absolute atomic E-state index is 0.376. The topological polar surface area (TPSA) is 59.1 Å². The molecule has 92 valence electrons. The second-order valence-corrected chi connectivity index (χ2v) is 6.22. The number of nitrogens with zero attached hydrogens (tertiary/aromatic N) is 1. The van der Waals surface area contributed by atoms with Gasteiger partial charge in [0.25, 0.3) is 0 Å². The van der Waals surface area contributed by atoms with E-state index >= 15 is 0 Å². The number of aliphatic hydroxyl groups is 1. The molecule has 1 aromatic carbocycles. The molecule has 0 aliphatic heterocycles. The maximum Gasteiger partial charge on any atom is 0.181 e. The zero-order valence-electron chi connectivity index (χ0n) is 9.99. The van der Waals surface area contributed by atoms with Gasteiger partial charge in [-0.15, -0.1) is 0 Å². The van der Waals surface area contributed by atoms with E-state index in [1.54, 1.807) is 0 Å². The molecular weight excluding hydrogens is 239 g/mol. The van der Waals surface area contributed by atoms with E-state index in [-0.39, 0.29) is 11.2 Å². The zero-order valence-corrected chi connectivity index (χ0v) is 10.8. The van der Waals surface area contributed by atoms with Gasteiger partial charge in [0.15, 0.2) is 5.13 Å². The third-order valence-corrected chi connectivity index (χ3v) is 3.45. The standard InChI is InChI=1S/C12H15FN2OS/c1-12(2,3)10(16)7-4-6(13)5-8-9(7)15-11(14)17-8/h4-5,10,16H,1-3H3,(H2,14,15). The molecule has 3 N–H and O–H groups in total. The van der Waals surface area contributed by atoms with Gasteiger partial charge in [0, 0.05) is 5.56 Å². The first-order valence-electron chi connectivity index (χ1n) is 5.32. The first-order valence-corrected chi connectivity index (χ1v) is 6.14. The van der Waals surface area contributed by atoms with Crippen molar-refractivity contribution in [2.45, 2.75) is 26.9 Å². The summed E-state index contributed by atoms with van der Waals surface area (Å²) < 4.78 is 14.1. The minimum atomic E-state index is -0.776. The Labute approximate surface area is 103 Å². The van der Waals surface area contributed by atoms with Crippen molar-refractivity contribution in [1.29, 1.82) is 0 Å². The molecule has 0 aliphatic carbocycles. The van der Waals surface area contributed by atoms with Crippen LogP contribution in [0.3, 0.4) is 0 Å². The summed E-state index contributed by atoms with van der Waals surface area (Å²) in [5, 5.41) is 10.6. The molecule has 2 rings (SSSR count). The zero-order chi connectivity index (χ0) is 12.8. The van der Waals surface area contributed by atoms with Gasteiger partial charge in [0.05, 0.1) is 16.3 Å². The summed E-state index contributed by atoms with van der Waals surface area (Å²) in [7, 11) is 0. The lowest BCUT2D eigenvalue weighted by Gasteiger charge is -2.26. The van der Waals surface area contributed by atoms with Crippen molar-refractivity contribution in [2.24, 2.45) is 5.41 Å². The van der Waals surface area contributed by atoms with Crippen LogP contribution in [-0.2, 0) is 0 Å². The number of halogens is 1. The summed E-state index contributed by atoms with van der Waals surface area (Å²) in [5.74, 6) is -0.376. The Morgan fingerprint density at radius 2 is 2.06 bits per heavy atom. The largest absolute Gasteiger partial charge is 0.388 e. The lowest BCUT2D eigenvalue weighted by atomic mass is 9.84. The van der Waals surface area contributed by atoms with Crippen molar-refractivity contribution >= 4 is 26.7 Å². The maximum absolute atomic E-state index is 13.5. The molecule has 0 aliphatic rings. The molecule has 0 saturated carbocycles. The molecule has 5 heteroatoms. The fourth-order valence-electron chi connectivity index (χ4n) is 1.71. The normalized spacial score (nSPS) is 14.2. The molecule has 3 nitrogen and oxygen atoms in total. The second kappa shape index (κ2) is 3.92. The highest BCUT2D eigenvalue weighted by Crippen LogP contribution is 2.38. The number of hydrogen-bond acceptors (Lipinski definition) is 4. The van der Waals surface area contributed by atoms with Crippen LogP contribution in [0.15, 0.2) is 12.1 Å². The van der Waals surface area contributed by atoms with Crippen molar-refractivity contribution in [3.05, 3.63) is 23.5 Å². The third kappa shape index (κ3) is 2.25. The number of anilines is 1. The Bertz CT molecular complexity index is 559. The Balaban J connectivity index is 2.67. The van der Waals surface area contributed by atoms with Gasteiger partial charge >= 0.3 is 0 Å². The molecular formula is C12H15FN2OS. The van der Waals surface area contributed by atoms with Crippen molar-refractivity contribution < 1.29 is 9.50 Å². The van der Waals surface area contributed by atoms with Gasteiger partial charge in [-0.25, -0.2) is 9.37 Å². The van der Waals surface area contributed by atoms with Gasteiger partial charge < -0.3 is 10.8 Å². The smallest absolute Gasteiger partial charge is 0.181 e. The predicted molar refractivity (Wildman–Crippen MR) is 68.4 cm³/mol. The van der Waals surface area contributed by atoms with Crippen LogP contribution in [0.2, 0.25) is 0 Å². The highest BCUT2D eigenvalue weighted by atomic mass is 32.1. The number of benzene rings is 1. The molecule has 0 fully saturated rings. The van der Waals surface area contributed by atoms with Gasteiger partial charge in [-0.3, -0.25) is 0 Å². The van der Waals surface area contributed by atoms with Crippen LogP contribution < -0.4 is 5.73 Å². The lowest BCUT2D eigenvalue weighted by Crippen LogP contribution is -2.18. The molecule has 0 bridgehead atoms. The molecule has 17 heavy (non-hydrogen) atoms. The van der Waals surface area contributed by atoms with Crippen molar-refractivity contribution in [2.75, 3.05) is 5.73 Å². The molecule has 0 saturated heterocycles. The van der Waals surface area contributed by atoms with E-state index in [4.69, 9.17) is 5.73 Å². The summed E-state index contributed by atoms with van der Waals surface area (Å²) in [4.78, 5) is 4.16.